The van der Waals surface area contributed by atoms with Crippen molar-refractivity contribution < 1.29 is 14.3 Å². The fourth-order valence-corrected chi connectivity index (χ4v) is 8.58. The molecule has 0 bridgehead atoms. The molecule has 3 fully saturated rings. The first-order valence-electron chi connectivity index (χ1n) is 13.9. The summed E-state index contributed by atoms with van der Waals surface area (Å²) in [7, 11) is 0. The Hall–Kier alpha value is -1.23. The molecule has 0 radical (unpaired) electrons. The van der Waals surface area contributed by atoms with Crippen LogP contribution in [0.3, 0.4) is 0 Å². The van der Waals surface area contributed by atoms with Crippen LogP contribution in [0.25, 0.3) is 0 Å². The number of thioether (sulfide) groups is 1. The predicted molar refractivity (Wildman–Crippen MR) is 148 cm³/mol. The molecule has 0 aromatic carbocycles. The molecule has 0 aromatic rings. The Morgan fingerprint density at radius 2 is 1.83 bits per heavy atom. The van der Waals surface area contributed by atoms with Gasteiger partial charge in [-0.1, -0.05) is 51.5 Å². The summed E-state index contributed by atoms with van der Waals surface area (Å²) in [6.07, 6.45) is 9.77. The molecule has 6 atom stereocenters. The molecule has 3 saturated carbocycles. The summed E-state index contributed by atoms with van der Waals surface area (Å²) in [6.45, 7) is 19.4. The van der Waals surface area contributed by atoms with Crippen LogP contribution in [0.4, 0.5) is 4.79 Å². The molecule has 0 spiro atoms. The number of nitrogens with one attached hydrogen (secondary N) is 1. The topological polar surface area (TPSA) is 55.4 Å². The lowest BCUT2D eigenvalue weighted by Gasteiger charge is -2.59. The first-order chi connectivity index (χ1) is 16.4. The van der Waals surface area contributed by atoms with Crippen LogP contribution >= 0.6 is 11.8 Å². The second kappa shape index (κ2) is 11.0. The molecule has 0 aliphatic heterocycles. The molecule has 0 heterocycles. The average molecular weight is 504 g/mol. The standard InChI is InChI=1S/C28H43NO3S.C2H6/c1-18-9-11-27(5)22-10-12-28(6)21(7-8-24(28)30)20(22)16-19(23(27)15-18)17-33-14-13-29-25(31)32-26(2,3)4;1-2/h15,19-22H,1,7-14,16-17H2,2-6H3,(H,29,31);1-2H3. The van der Waals surface area contributed by atoms with Crippen LogP contribution in [0.2, 0.25) is 0 Å². The number of hydrogen-bond donors (Lipinski definition) is 1. The number of Topliss-reactive ketones (excluding diaryl/α,β-unsaturated/α-hetero) is 1. The van der Waals surface area contributed by atoms with Crippen molar-refractivity contribution in [1.29, 1.82) is 0 Å². The van der Waals surface area contributed by atoms with E-state index < -0.39 is 5.60 Å². The van der Waals surface area contributed by atoms with Crippen molar-refractivity contribution >= 4 is 23.6 Å². The third kappa shape index (κ3) is 5.86. The molecule has 0 aromatic heterocycles. The van der Waals surface area contributed by atoms with Crippen LogP contribution in [-0.4, -0.2) is 35.5 Å². The van der Waals surface area contributed by atoms with Gasteiger partial charge in [0, 0.05) is 24.1 Å². The highest BCUT2D eigenvalue weighted by atomic mass is 32.2. The number of fused-ring (bicyclic) bond motifs is 5. The lowest BCUT2D eigenvalue weighted by atomic mass is 9.45. The number of carbonyl (C=O) groups is 2. The Morgan fingerprint density at radius 1 is 1.14 bits per heavy atom. The quantitative estimate of drug-likeness (QED) is 0.393. The Balaban J connectivity index is 0.00000167. The van der Waals surface area contributed by atoms with Crippen molar-refractivity contribution in [2.24, 2.45) is 34.5 Å². The third-order valence-corrected chi connectivity index (χ3v) is 10.3. The normalized spacial score (nSPS) is 36.1. The van der Waals surface area contributed by atoms with Gasteiger partial charge in [-0.2, -0.15) is 11.8 Å². The smallest absolute Gasteiger partial charge is 0.407 e. The molecule has 6 unspecified atom stereocenters. The first kappa shape index (κ1) is 28.3. The Labute approximate surface area is 218 Å². The van der Waals surface area contributed by atoms with Crippen LogP contribution in [0.1, 0.15) is 93.4 Å². The molecule has 4 rings (SSSR count). The van der Waals surface area contributed by atoms with E-state index in [4.69, 9.17) is 4.74 Å². The first-order valence-corrected chi connectivity index (χ1v) is 15.1. The van der Waals surface area contributed by atoms with E-state index in [0.29, 0.717) is 36.0 Å². The van der Waals surface area contributed by atoms with Gasteiger partial charge in [0.15, 0.2) is 0 Å². The van der Waals surface area contributed by atoms with Gasteiger partial charge in [-0.05, 0) is 94.1 Å². The number of allylic oxidation sites excluding steroid dienone is 3. The van der Waals surface area contributed by atoms with Crippen molar-refractivity contribution in [3.05, 3.63) is 23.8 Å². The van der Waals surface area contributed by atoms with Gasteiger partial charge in [-0.15, -0.1) is 0 Å². The highest BCUT2D eigenvalue weighted by Gasteiger charge is 2.60. The predicted octanol–water partition coefficient (Wildman–Crippen LogP) is 7.58. The minimum absolute atomic E-state index is 0.0773. The maximum Gasteiger partial charge on any atom is 0.407 e. The van der Waals surface area contributed by atoms with E-state index in [9.17, 15) is 9.59 Å². The second-order valence-corrected chi connectivity index (χ2v) is 13.6. The summed E-state index contributed by atoms with van der Waals surface area (Å²) >= 11 is 1.93. The van der Waals surface area contributed by atoms with Gasteiger partial charge in [0.1, 0.15) is 11.4 Å². The monoisotopic (exact) mass is 503 g/mol. The molecule has 1 N–H and O–H groups in total. The molecule has 1 amide bonds. The van der Waals surface area contributed by atoms with Crippen LogP contribution in [0, 0.1) is 34.5 Å². The van der Waals surface area contributed by atoms with Crippen LogP contribution in [0.5, 0.6) is 0 Å². The summed E-state index contributed by atoms with van der Waals surface area (Å²) < 4.78 is 5.34. The van der Waals surface area contributed by atoms with Gasteiger partial charge >= 0.3 is 6.09 Å². The average Bonchev–Trinajstić information content (AvgIpc) is 3.09. The molecule has 198 valence electrons. The van der Waals surface area contributed by atoms with Crippen LogP contribution < -0.4 is 5.32 Å². The third-order valence-electron chi connectivity index (χ3n) is 9.18. The van der Waals surface area contributed by atoms with E-state index in [2.05, 4.69) is 31.8 Å². The summed E-state index contributed by atoms with van der Waals surface area (Å²) in [5.41, 5.74) is 2.61. The van der Waals surface area contributed by atoms with Gasteiger partial charge in [0.05, 0.1) is 0 Å². The number of ketones is 1. The number of carbonyl (C=O) groups excluding carboxylic acids is 2. The maximum absolute atomic E-state index is 12.8. The zero-order valence-electron chi connectivity index (χ0n) is 23.3. The van der Waals surface area contributed by atoms with Crippen molar-refractivity contribution in [2.45, 2.75) is 99.0 Å². The van der Waals surface area contributed by atoms with Gasteiger partial charge in [0.25, 0.3) is 0 Å². The van der Waals surface area contributed by atoms with Crippen LogP contribution in [-0.2, 0) is 9.53 Å². The molecule has 0 saturated heterocycles. The van der Waals surface area contributed by atoms with Crippen molar-refractivity contribution in [1.82, 2.24) is 5.32 Å². The fourth-order valence-electron chi connectivity index (χ4n) is 7.56. The van der Waals surface area contributed by atoms with E-state index >= 15 is 0 Å². The molecule has 4 aliphatic carbocycles. The summed E-state index contributed by atoms with van der Waals surface area (Å²) in [4.78, 5) is 24.7. The van der Waals surface area contributed by atoms with Crippen LogP contribution in [0.15, 0.2) is 23.8 Å². The fraction of sp³-hybridized carbons (Fsp3) is 0.800. The Bertz CT molecular complexity index is 843. The largest absolute Gasteiger partial charge is 0.444 e. The number of alkyl carbamates (subject to hydrolysis) is 1. The maximum atomic E-state index is 12.8. The zero-order valence-corrected chi connectivity index (χ0v) is 24.1. The van der Waals surface area contributed by atoms with E-state index in [-0.39, 0.29) is 16.9 Å². The summed E-state index contributed by atoms with van der Waals surface area (Å²) in [6, 6.07) is 0. The van der Waals surface area contributed by atoms with Crippen molar-refractivity contribution in [2.75, 3.05) is 18.1 Å². The molecule has 5 heteroatoms. The molecule has 4 aliphatic rings. The highest BCUT2D eigenvalue weighted by Crippen LogP contribution is 2.66. The number of hydrogen-bond acceptors (Lipinski definition) is 4. The van der Waals surface area contributed by atoms with Crippen molar-refractivity contribution in [3.63, 3.8) is 0 Å². The molecular formula is C30H49NO3S. The van der Waals surface area contributed by atoms with Gasteiger partial charge < -0.3 is 10.1 Å². The van der Waals surface area contributed by atoms with E-state index in [1.165, 1.54) is 24.8 Å². The van der Waals surface area contributed by atoms with E-state index in [1.54, 1.807) is 5.57 Å². The summed E-state index contributed by atoms with van der Waals surface area (Å²) in [5.74, 6) is 4.95. The minimum Gasteiger partial charge on any atom is -0.444 e. The summed E-state index contributed by atoms with van der Waals surface area (Å²) in [5, 5.41) is 2.88. The van der Waals surface area contributed by atoms with Gasteiger partial charge in [-0.3, -0.25) is 4.79 Å². The SMILES string of the molecule is C=C1C=C2C(CSCCNC(=O)OC(C)(C)C)CC3C4CCC(=O)C4(C)CCC3C2(C)CC1.CC. The lowest BCUT2D eigenvalue weighted by Crippen LogP contribution is -2.52. The number of amides is 1. The van der Waals surface area contributed by atoms with Gasteiger partial charge in [0.2, 0.25) is 0 Å². The lowest BCUT2D eigenvalue weighted by molar-refractivity contribution is -0.132. The second-order valence-electron chi connectivity index (χ2n) is 12.4. The minimum atomic E-state index is -0.466. The van der Waals surface area contributed by atoms with Gasteiger partial charge in [-0.25, -0.2) is 4.79 Å². The van der Waals surface area contributed by atoms with E-state index in [0.717, 1.165) is 37.2 Å². The molecule has 4 nitrogen and oxygen atoms in total. The van der Waals surface area contributed by atoms with Crippen molar-refractivity contribution in [3.8, 4) is 0 Å². The number of ether oxygens (including phenoxy) is 1. The zero-order chi connectivity index (χ0) is 26.0. The molecular weight excluding hydrogens is 454 g/mol. The van der Waals surface area contributed by atoms with E-state index in [1.807, 2.05) is 46.4 Å². The Morgan fingerprint density at radius 3 is 2.51 bits per heavy atom. The Kier molecular flexibility index (Phi) is 8.93. The molecule has 35 heavy (non-hydrogen) atoms. The highest BCUT2D eigenvalue weighted by molar-refractivity contribution is 7.99. The number of rotatable bonds is 5.